The largest absolute Gasteiger partial charge is 0.307 e. The lowest BCUT2D eigenvalue weighted by Gasteiger charge is -2.18. The van der Waals surface area contributed by atoms with E-state index in [0.717, 1.165) is 10.3 Å². The van der Waals surface area contributed by atoms with Gasteiger partial charge in [-0.25, -0.2) is 9.66 Å². The third kappa shape index (κ3) is 1.22. The number of hydrogen-bond acceptors (Lipinski definition) is 2. The topological polar surface area (TPSA) is 29.9 Å². The van der Waals surface area contributed by atoms with Crippen LogP contribution in [-0.4, -0.2) is 14.6 Å². The number of nitrogens with zero attached hydrogens (tertiary/aromatic N) is 2. The number of hydrogen-bond donors (Lipinski definition) is 1. The van der Waals surface area contributed by atoms with Crippen molar-refractivity contribution in [1.82, 2.24) is 9.66 Å². The van der Waals surface area contributed by atoms with Crippen molar-refractivity contribution >= 4 is 36.3 Å². The maximum Gasteiger partial charge on any atom is 0.165 e. The van der Waals surface area contributed by atoms with Crippen LogP contribution in [0.15, 0.2) is 18.5 Å². The fourth-order valence-electron chi connectivity index (χ4n) is 0.957. The van der Waals surface area contributed by atoms with Gasteiger partial charge in [0.05, 0.1) is 4.48 Å². The van der Waals surface area contributed by atoms with Gasteiger partial charge < -0.3 is 5.43 Å². The molecule has 58 valence electrons. The lowest BCUT2D eigenvalue weighted by atomic mass is 10.4. The zero-order valence-corrected chi connectivity index (χ0v) is 8.63. The van der Waals surface area contributed by atoms with Gasteiger partial charge in [0.1, 0.15) is 4.95 Å². The summed E-state index contributed by atoms with van der Waals surface area (Å²) in [4.78, 5) is 4.30. The molecule has 11 heavy (non-hydrogen) atoms. The molecule has 0 bridgehead atoms. The number of nitrogens with one attached hydrogen (secondary N) is 1. The standard InChI is InChI=1S/C6H5Br2N3/c7-4-3-5(8)10-11-2-1-9-6(4)11/h1-3,5,10H. The van der Waals surface area contributed by atoms with E-state index in [4.69, 9.17) is 0 Å². The summed E-state index contributed by atoms with van der Waals surface area (Å²) in [6.45, 7) is 0. The first-order valence-corrected chi connectivity index (χ1v) is 4.80. The highest BCUT2D eigenvalue weighted by Crippen LogP contribution is 2.24. The molecule has 3 nitrogen and oxygen atoms in total. The minimum Gasteiger partial charge on any atom is -0.307 e. The van der Waals surface area contributed by atoms with E-state index in [1.54, 1.807) is 6.20 Å². The van der Waals surface area contributed by atoms with E-state index in [-0.39, 0.29) is 4.95 Å². The monoisotopic (exact) mass is 277 g/mol. The molecular weight excluding hydrogens is 274 g/mol. The fourth-order valence-corrected chi connectivity index (χ4v) is 2.35. The van der Waals surface area contributed by atoms with E-state index in [0.29, 0.717) is 0 Å². The number of halogens is 2. The SMILES string of the molecule is BrC1=CC(Br)Nn2ccnc21. The molecular formula is C6H5Br2N3. The molecule has 0 aromatic carbocycles. The molecule has 0 fully saturated rings. The van der Waals surface area contributed by atoms with E-state index in [1.807, 2.05) is 16.9 Å². The molecule has 0 aliphatic carbocycles. The Hall–Kier alpha value is -0.290. The van der Waals surface area contributed by atoms with E-state index >= 15 is 0 Å². The molecule has 1 aliphatic heterocycles. The average molecular weight is 279 g/mol. The molecule has 1 N–H and O–H groups in total. The Balaban J connectivity index is 2.50. The van der Waals surface area contributed by atoms with Crippen LogP contribution in [0.2, 0.25) is 0 Å². The molecule has 0 spiro atoms. The highest BCUT2D eigenvalue weighted by Gasteiger charge is 2.14. The van der Waals surface area contributed by atoms with Crippen LogP contribution in [0.1, 0.15) is 5.82 Å². The summed E-state index contributed by atoms with van der Waals surface area (Å²) >= 11 is 6.83. The second kappa shape index (κ2) is 2.64. The van der Waals surface area contributed by atoms with Crippen LogP contribution in [-0.2, 0) is 0 Å². The summed E-state index contributed by atoms with van der Waals surface area (Å²) < 4.78 is 2.87. The van der Waals surface area contributed by atoms with Gasteiger partial charge in [-0.1, -0.05) is 15.9 Å². The number of rotatable bonds is 0. The summed E-state index contributed by atoms with van der Waals surface area (Å²) in [5, 5.41) is 0. The Morgan fingerprint density at radius 1 is 1.64 bits per heavy atom. The van der Waals surface area contributed by atoms with E-state index < -0.39 is 0 Å². The molecule has 1 aromatic heterocycles. The summed E-state index contributed by atoms with van der Waals surface area (Å²) in [7, 11) is 0. The Bertz CT molecular complexity index is 305. The van der Waals surface area contributed by atoms with Crippen molar-refractivity contribution in [1.29, 1.82) is 0 Å². The summed E-state index contributed by atoms with van der Waals surface area (Å²) in [6.07, 6.45) is 5.63. The highest BCUT2D eigenvalue weighted by molar-refractivity contribution is 9.15. The fraction of sp³-hybridized carbons (Fsp3) is 0.167. The Morgan fingerprint density at radius 3 is 3.27 bits per heavy atom. The normalized spacial score (nSPS) is 22.0. The lowest BCUT2D eigenvalue weighted by Crippen LogP contribution is -2.25. The van der Waals surface area contributed by atoms with Crippen molar-refractivity contribution in [2.75, 3.05) is 5.43 Å². The highest BCUT2D eigenvalue weighted by atomic mass is 79.9. The van der Waals surface area contributed by atoms with Crippen molar-refractivity contribution in [2.45, 2.75) is 4.95 Å². The molecule has 1 atom stereocenters. The Morgan fingerprint density at radius 2 is 2.45 bits per heavy atom. The van der Waals surface area contributed by atoms with Gasteiger partial charge in [-0.15, -0.1) is 0 Å². The van der Waals surface area contributed by atoms with Gasteiger partial charge in [0.25, 0.3) is 0 Å². The molecule has 0 saturated heterocycles. The first-order chi connectivity index (χ1) is 5.27. The Labute approximate surface area is 80.7 Å². The predicted molar refractivity (Wildman–Crippen MR) is 51.2 cm³/mol. The quantitative estimate of drug-likeness (QED) is 0.580. The molecule has 0 radical (unpaired) electrons. The number of fused-ring (bicyclic) bond motifs is 1. The van der Waals surface area contributed by atoms with Gasteiger partial charge in [-0.05, 0) is 22.0 Å². The second-order valence-electron chi connectivity index (χ2n) is 2.17. The minimum absolute atomic E-state index is 0.165. The smallest absolute Gasteiger partial charge is 0.165 e. The zero-order valence-electron chi connectivity index (χ0n) is 5.46. The van der Waals surface area contributed by atoms with E-state index in [9.17, 15) is 0 Å². The third-order valence-electron chi connectivity index (χ3n) is 1.41. The number of imidazole rings is 1. The van der Waals surface area contributed by atoms with Crippen LogP contribution in [0.4, 0.5) is 0 Å². The maximum atomic E-state index is 4.14. The van der Waals surface area contributed by atoms with Crippen LogP contribution in [0.5, 0.6) is 0 Å². The van der Waals surface area contributed by atoms with Gasteiger partial charge in [0.2, 0.25) is 0 Å². The van der Waals surface area contributed by atoms with Gasteiger partial charge in [-0.3, -0.25) is 0 Å². The molecule has 1 aromatic rings. The molecule has 1 unspecified atom stereocenters. The van der Waals surface area contributed by atoms with Crippen molar-refractivity contribution in [2.24, 2.45) is 0 Å². The zero-order chi connectivity index (χ0) is 7.84. The van der Waals surface area contributed by atoms with Gasteiger partial charge >= 0.3 is 0 Å². The van der Waals surface area contributed by atoms with Crippen molar-refractivity contribution in [3.05, 3.63) is 24.3 Å². The number of aromatic nitrogens is 2. The van der Waals surface area contributed by atoms with Crippen LogP contribution in [0, 0.1) is 0 Å². The van der Waals surface area contributed by atoms with Crippen LogP contribution in [0.25, 0.3) is 4.48 Å². The maximum absolute atomic E-state index is 4.14. The Kier molecular flexibility index (Phi) is 1.77. The van der Waals surface area contributed by atoms with Crippen molar-refractivity contribution in [3.8, 4) is 0 Å². The van der Waals surface area contributed by atoms with Crippen molar-refractivity contribution < 1.29 is 0 Å². The van der Waals surface area contributed by atoms with Crippen LogP contribution in [0.3, 0.4) is 0 Å². The van der Waals surface area contributed by atoms with Crippen LogP contribution >= 0.6 is 31.9 Å². The summed E-state index contributed by atoms with van der Waals surface area (Å²) in [5.74, 6) is 0.903. The molecule has 2 heterocycles. The van der Waals surface area contributed by atoms with Gasteiger partial charge in [-0.2, -0.15) is 0 Å². The van der Waals surface area contributed by atoms with Gasteiger partial charge in [0.15, 0.2) is 5.82 Å². The molecule has 0 amide bonds. The molecule has 2 rings (SSSR count). The average Bonchev–Trinajstić information content (AvgIpc) is 2.34. The lowest BCUT2D eigenvalue weighted by molar-refractivity contribution is 0.840. The molecule has 5 heteroatoms. The predicted octanol–water partition coefficient (Wildman–Crippen LogP) is 1.90. The van der Waals surface area contributed by atoms with Crippen LogP contribution < -0.4 is 5.43 Å². The molecule has 1 aliphatic rings. The number of alkyl halides is 1. The van der Waals surface area contributed by atoms with E-state index in [1.165, 1.54) is 0 Å². The molecule has 0 saturated carbocycles. The summed E-state index contributed by atoms with van der Waals surface area (Å²) in [6, 6.07) is 0. The summed E-state index contributed by atoms with van der Waals surface area (Å²) in [5.41, 5.74) is 3.13. The third-order valence-corrected chi connectivity index (χ3v) is 2.50. The van der Waals surface area contributed by atoms with Crippen molar-refractivity contribution in [3.63, 3.8) is 0 Å². The first-order valence-electron chi connectivity index (χ1n) is 3.09. The minimum atomic E-state index is 0.165. The second-order valence-corrected chi connectivity index (χ2v) is 4.01. The van der Waals surface area contributed by atoms with E-state index in [2.05, 4.69) is 42.3 Å². The van der Waals surface area contributed by atoms with Gasteiger partial charge in [0, 0.05) is 12.4 Å². The first kappa shape index (κ1) is 7.36.